The maximum absolute atomic E-state index is 13.3. The Labute approximate surface area is 184 Å². The van der Waals surface area contributed by atoms with E-state index in [0.717, 1.165) is 12.8 Å². The van der Waals surface area contributed by atoms with Gasteiger partial charge in [0, 0.05) is 37.3 Å². The van der Waals surface area contributed by atoms with Crippen molar-refractivity contribution >= 4 is 26.8 Å². The minimum absolute atomic E-state index is 0.0319. The molecule has 170 valence electrons. The zero-order valence-corrected chi connectivity index (χ0v) is 19.8. The molecule has 8 heteroatoms. The monoisotopic (exact) mass is 447 g/mol. The number of pyridine rings is 1. The third kappa shape index (κ3) is 4.70. The molecule has 7 nitrogen and oxygen atoms in total. The molecule has 1 aliphatic heterocycles. The first-order chi connectivity index (χ1) is 14.6. The van der Waals surface area contributed by atoms with Gasteiger partial charge in [-0.2, -0.15) is 4.31 Å². The van der Waals surface area contributed by atoms with Gasteiger partial charge in [-0.3, -0.25) is 9.59 Å². The van der Waals surface area contributed by atoms with Crippen molar-refractivity contribution in [3.63, 3.8) is 0 Å². The van der Waals surface area contributed by atoms with Crippen LogP contribution in [0.1, 0.15) is 57.8 Å². The normalized spacial score (nSPS) is 21.2. The van der Waals surface area contributed by atoms with Crippen LogP contribution in [0.2, 0.25) is 0 Å². The molecule has 1 aromatic carbocycles. The van der Waals surface area contributed by atoms with E-state index in [2.05, 4.69) is 19.2 Å². The number of piperidine rings is 1. The van der Waals surface area contributed by atoms with Crippen LogP contribution in [0.3, 0.4) is 0 Å². The molecule has 1 fully saturated rings. The van der Waals surface area contributed by atoms with Crippen LogP contribution in [-0.2, 0) is 16.6 Å². The first-order valence-corrected chi connectivity index (χ1v) is 12.5. The number of nitrogens with zero attached hydrogens (tertiary/aromatic N) is 2. The highest BCUT2D eigenvalue weighted by atomic mass is 32.2. The van der Waals surface area contributed by atoms with Crippen LogP contribution in [0.15, 0.2) is 34.1 Å². The highest BCUT2D eigenvalue weighted by Gasteiger charge is 2.32. The summed E-state index contributed by atoms with van der Waals surface area (Å²) in [4.78, 5) is 26.0. The molecule has 1 N–H and O–H groups in total. The Hall–Kier alpha value is -2.19. The summed E-state index contributed by atoms with van der Waals surface area (Å²) >= 11 is 0. The van der Waals surface area contributed by atoms with Crippen LogP contribution >= 0.6 is 0 Å². The number of amides is 1. The molecule has 0 spiro atoms. The molecule has 0 saturated carbocycles. The Morgan fingerprint density at radius 3 is 2.42 bits per heavy atom. The maximum Gasteiger partial charge on any atom is 0.256 e. The molecule has 2 aromatic rings. The fourth-order valence-corrected chi connectivity index (χ4v) is 6.02. The Morgan fingerprint density at radius 2 is 1.84 bits per heavy atom. The molecule has 0 radical (unpaired) electrons. The number of aromatic nitrogens is 1. The zero-order valence-electron chi connectivity index (χ0n) is 19.0. The summed E-state index contributed by atoms with van der Waals surface area (Å²) in [6.07, 6.45) is 3.31. The lowest BCUT2D eigenvalue weighted by Gasteiger charge is -2.34. The first-order valence-electron chi connectivity index (χ1n) is 11.1. The zero-order chi connectivity index (χ0) is 22.9. The van der Waals surface area contributed by atoms with E-state index in [9.17, 15) is 18.0 Å². The molecule has 1 saturated heterocycles. The van der Waals surface area contributed by atoms with Crippen LogP contribution in [0.4, 0.5) is 0 Å². The summed E-state index contributed by atoms with van der Waals surface area (Å²) in [6.45, 7) is 11.4. The number of hydrogen-bond acceptors (Lipinski definition) is 4. The molecule has 31 heavy (non-hydrogen) atoms. The third-order valence-corrected chi connectivity index (χ3v) is 7.93. The second kappa shape index (κ2) is 9.12. The van der Waals surface area contributed by atoms with Gasteiger partial charge in [0.15, 0.2) is 0 Å². The topological polar surface area (TPSA) is 88.5 Å². The van der Waals surface area contributed by atoms with Gasteiger partial charge in [0.1, 0.15) is 5.56 Å². The van der Waals surface area contributed by atoms with Crippen molar-refractivity contribution in [1.82, 2.24) is 14.2 Å². The van der Waals surface area contributed by atoms with Gasteiger partial charge in [-0.25, -0.2) is 8.42 Å². The SMILES string of the molecule is CC[C@@H](C)NC(=O)c1cn(CC)c2ccc(S(=O)(=O)N3C[C@H](C)C[C@H](C)C3)cc2c1=O. The molecular weight excluding hydrogens is 414 g/mol. The van der Waals surface area contributed by atoms with Gasteiger partial charge in [-0.05, 0) is 56.7 Å². The largest absolute Gasteiger partial charge is 0.349 e. The summed E-state index contributed by atoms with van der Waals surface area (Å²) in [7, 11) is -3.73. The summed E-state index contributed by atoms with van der Waals surface area (Å²) in [6, 6.07) is 4.60. The summed E-state index contributed by atoms with van der Waals surface area (Å²) in [5.41, 5.74) is 0.203. The minimum atomic E-state index is -3.73. The van der Waals surface area contributed by atoms with Crippen molar-refractivity contribution in [2.24, 2.45) is 11.8 Å². The van der Waals surface area contributed by atoms with Crippen molar-refractivity contribution < 1.29 is 13.2 Å². The van der Waals surface area contributed by atoms with Crippen LogP contribution in [0.5, 0.6) is 0 Å². The van der Waals surface area contributed by atoms with E-state index in [4.69, 9.17) is 0 Å². The van der Waals surface area contributed by atoms with E-state index < -0.39 is 21.4 Å². The molecule has 1 amide bonds. The van der Waals surface area contributed by atoms with E-state index in [1.165, 1.54) is 10.4 Å². The second-order valence-electron chi connectivity index (χ2n) is 8.89. The van der Waals surface area contributed by atoms with Gasteiger partial charge in [0.2, 0.25) is 15.5 Å². The predicted octanol–water partition coefficient (Wildman–Crippen LogP) is 3.22. The van der Waals surface area contributed by atoms with Crippen molar-refractivity contribution in [3.05, 3.63) is 40.2 Å². The van der Waals surface area contributed by atoms with Gasteiger partial charge >= 0.3 is 0 Å². The highest BCUT2D eigenvalue weighted by molar-refractivity contribution is 7.89. The molecule has 0 aliphatic carbocycles. The predicted molar refractivity (Wildman–Crippen MR) is 123 cm³/mol. The number of hydrogen-bond donors (Lipinski definition) is 1. The number of fused-ring (bicyclic) bond motifs is 1. The van der Waals surface area contributed by atoms with Gasteiger partial charge in [0.05, 0.1) is 10.4 Å². The van der Waals surface area contributed by atoms with Crippen LogP contribution < -0.4 is 10.7 Å². The fraction of sp³-hybridized carbons (Fsp3) is 0.565. The van der Waals surface area contributed by atoms with Crippen molar-refractivity contribution in [3.8, 4) is 0 Å². The van der Waals surface area contributed by atoms with Crippen LogP contribution in [-0.4, -0.2) is 42.3 Å². The Morgan fingerprint density at radius 1 is 1.19 bits per heavy atom. The van der Waals surface area contributed by atoms with Crippen molar-refractivity contribution in [1.29, 1.82) is 0 Å². The minimum Gasteiger partial charge on any atom is -0.349 e. The van der Waals surface area contributed by atoms with Crippen LogP contribution in [0.25, 0.3) is 10.9 Å². The Bertz CT molecular complexity index is 1130. The van der Waals surface area contributed by atoms with Crippen molar-refractivity contribution in [2.75, 3.05) is 13.1 Å². The van der Waals surface area contributed by atoms with Crippen LogP contribution in [0, 0.1) is 11.8 Å². The van der Waals surface area contributed by atoms with E-state index in [0.29, 0.717) is 25.2 Å². The first kappa shape index (κ1) is 23.5. The third-order valence-electron chi connectivity index (χ3n) is 6.10. The Kier molecular flexibility index (Phi) is 6.91. The number of carbonyl (C=O) groups is 1. The molecule has 3 rings (SSSR count). The lowest BCUT2D eigenvalue weighted by atomic mass is 9.94. The molecule has 2 heterocycles. The number of aryl methyl sites for hydroxylation is 1. The van der Waals surface area contributed by atoms with Gasteiger partial charge in [-0.1, -0.05) is 20.8 Å². The lowest BCUT2D eigenvalue weighted by Crippen LogP contribution is -2.42. The number of sulfonamides is 1. The van der Waals surface area contributed by atoms with E-state index >= 15 is 0 Å². The summed E-state index contributed by atoms with van der Waals surface area (Å²) < 4.78 is 30.0. The smallest absolute Gasteiger partial charge is 0.256 e. The fourth-order valence-electron chi connectivity index (χ4n) is 4.32. The summed E-state index contributed by atoms with van der Waals surface area (Å²) in [5.74, 6) is 0.134. The molecule has 3 atom stereocenters. The molecule has 1 aliphatic rings. The number of rotatable bonds is 6. The van der Waals surface area contributed by atoms with E-state index in [-0.39, 0.29) is 33.7 Å². The number of nitrogens with one attached hydrogen (secondary N) is 1. The quantitative estimate of drug-likeness (QED) is 0.736. The number of benzene rings is 1. The highest BCUT2D eigenvalue weighted by Crippen LogP contribution is 2.28. The molecule has 1 aromatic heterocycles. The lowest BCUT2D eigenvalue weighted by molar-refractivity contribution is 0.0937. The molecular formula is C23H33N3O4S. The van der Waals surface area contributed by atoms with Gasteiger partial charge in [0.25, 0.3) is 5.91 Å². The molecule has 0 unspecified atom stereocenters. The molecule has 0 bridgehead atoms. The maximum atomic E-state index is 13.3. The number of carbonyl (C=O) groups excluding carboxylic acids is 1. The van der Waals surface area contributed by atoms with Gasteiger partial charge < -0.3 is 9.88 Å². The van der Waals surface area contributed by atoms with E-state index in [1.54, 1.807) is 18.3 Å². The van der Waals surface area contributed by atoms with Crippen molar-refractivity contribution in [2.45, 2.75) is 64.9 Å². The Balaban J connectivity index is 2.11. The van der Waals surface area contributed by atoms with E-state index in [1.807, 2.05) is 25.3 Å². The standard InChI is InChI=1S/C23H33N3O4S/c1-6-17(5)24-23(28)20-14-25(7-2)21-9-8-18(11-19(21)22(20)27)31(29,30)26-12-15(3)10-16(4)13-26/h8-9,11,14-17H,6-7,10,12-13H2,1-5H3,(H,24,28)/t15-,16+,17-/m1/s1. The summed E-state index contributed by atoms with van der Waals surface area (Å²) in [5, 5.41) is 3.08. The van der Waals surface area contributed by atoms with Gasteiger partial charge in [-0.15, -0.1) is 0 Å². The second-order valence-corrected chi connectivity index (χ2v) is 10.8. The average molecular weight is 448 g/mol. The average Bonchev–Trinajstić information content (AvgIpc) is 2.72.